The van der Waals surface area contributed by atoms with Crippen LogP contribution in [0.15, 0.2) is 48.9 Å². The quantitative estimate of drug-likeness (QED) is 0.765. The molecule has 1 N–H and O–H groups in total. The number of urea groups is 1. The lowest BCUT2D eigenvalue weighted by Gasteiger charge is -2.34. The summed E-state index contributed by atoms with van der Waals surface area (Å²) in [5, 5.41) is 3.72. The van der Waals surface area contributed by atoms with Gasteiger partial charge in [0.05, 0.1) is 11.9 Å². The second-order valence-electron chi connectivity index (χ2n) is 5.76. The van der Waals surface area contributed by atoms with Gasteiger partial charge < -0.3 is 15.1 Å². The van der Waals surface area contributed by atoms with Gasteiger partial charge in [0.25, 0.3) is 0 Å². The van der Waals surface area contributed by atoms with E-state index in [1.54, 1.807) is 29.6 Å². The molecule has 1 aliphatic rings. The van der Waals surface area contributed by atoms with Crippen molar-refractivity contribution >= 4 is 28.4 Å². The van der Waals surface area contributed by atoms with Gasteiger partial charge in [-0.05, 0) is 24.3 Å². The molecule has 0 radical (unpaired) electrons. The molecular weight excluding hydrogens is 350 g/mol. The molecule has 0 saturated carbocycles. The van der Waals surface area contributed by atoms with Gasteiger partial charge >= 0.3 is 6.03 Å². The molecule has 0 aromatic carbocycles. The summed E-state index contributed by atoms with van der Waals surface area (Å²) in [7, 11) is 0. The number of nitrogens with one attached hydrogen (secondary N) is 1. The molecule has 1 saturated heterocycles. The van der Waals surface area contributed by atoms with E-state index in [2.05, 4.69) is 29.5 Å². The molecule has 132 valence electrons. The molecule has 2 amide bonds. The van der Waals surface area contributed by atoms with Crippen molar-refractivity contribution in [3.63, 3.8) is 0 Å². The summed E-state index contributed by atoms with van der Waals surface area (Å²) >= 11 is 1.36. The molecule has 4 heterocycles. The Balaban J connectivity index is 1.35. The lowest BCUT2D eigenvalue weighted by atomic mass is 10.3. The van der Waals surface area contributed by atoms with Gasteiger partial charge in [0.1, 0.15) is 5.69 Å². The molecule has 8 nitrogen and oxygen atoms in total. The first-order chi connectivity index (χ1) is 12.8. The van der Waals surface area contributed by atoms with Crippen molar-refractivity contribution in [2.24, 2.45) is 0 Å². The topological polar surface area (TPSA) is 87.1 Å². The molecule has 9 heteroatoms. The molecular formula is C17H17N7OS. The van der Waals surface area contributed by atoms with Gasteiger partial charge in [-0.1, -0.05) is 6.07 Å². The fourth-order valence-corrected chi connectivity index (χ4v) is 3.41. The number of carbonyl (C=O) groups is 1. The fourth-order valence-electron chi connectivity index (χ4n) is 2.68. The lowest BCUT2D eigenvalue weighted by molar-refractivity contribution is 0.208. The van der Waals surface area contributed by atoms with Gasteiger partial charge in [-0.3, -0.25) is 9.97 Å². The van der Waals surface area contributed by atoms with Crippen LogP contribution in [-0.4, -0.2) is 56.4 Å². The number of hydrogen-bond donors (Lipinski definition) is 1. The summed E-state index contributed by atoms with van der Waals surface area (Å²) in [6, 6.07) is 9.19. The number of amides is 2. The van der Waals surface area contributed by atoms with Gasteiger partial charge in [-0.25, -0.2) is 4.79 Å². The smallest absolute Gasteiger partial charge is 0.322 e. The van der Waals surface area contributed by atoms with E-state index in [1.807, 2.05) is 24.3 Å². The van der Waals surface area contributed by atoms with Gasteiger partial charge in [-0.15, -0.1) is 0 Å². The summed E-state index contributed by atoms with van der Waals surface area (Å²) in [5.74, 6) is 0.641. The standard InChI is InChI=1S/C17H17N7OS/c25-16(20-13-4-3-6-18-12-13)23-8-10-24(11-9-23)17-21-15(22-26-17)14-5-1-2-7-19-14/h1-7,12H,8-11H2,(H,20,25). The van der Waals surface area contributed by atoms with Crippen molar-refractivity contribution in [3.05, 3.63) is 48.9 Å². The second kappa shape index (κ2) is 7.44. The maximum Gasteiger partial charge on any atom is 0.322 e. The van der Waals surface area contributed by atoms with Crippen LogP contribution < -0.4 is 10.2 Å². The summed E-state index contributed by atoms with van der Waals surface area (Å²) in [5.41, 5.74) is 1.47. The Morgan fingerprint density at radius 3 is 2.69 bits per heavy atom. The molecule has 0 aliphatic carbocycles. The summed E-state index contributed by atoms with van der Waals surface area (Å²) in [6.07, 6.45) is 5.04. The van der Waals surface area contributed by atoms with Crippen LogP contribution in [0.3, 0.4) is 0 Å². The van der Waals surface area contributed by atoms with Crippen molar-refractivity contribution in [1.82, 2.24) is 24.2 Å². The normalized spacial score (nSPS) is 14.3. The van der Waals surface area contributed by atoms with Gasteiger partial charge in [-0.2, -0.15) is 9.36 Å². The summed E-state index contributed by atoms with van der Waals surface area (Å²) in [6.45, 7) is 2.70. The van der Waals surface area contributed by atoms with Crippen LogP contribution in [0, 0.1) is 0 Å². The molecule has 0 atom stereocenters. The summed E-state index contributed by atoms with van der Waals surface area (Å²) in [4.78, 5) is 29.1. The van der Waals surface area contributed by atoms with E-state index in [1.165, 1.54) is 11.5 Å². The molecule has 26 heavy (non-hydrogen) atoms. The highest BCUT2D eigenvalue weighted by molar-refractivity contribution is 7.09. The van der Waals surface area contributed by atoms with Crippen LogP contribution in [0.1, 0.15) is 0 Å². The zero-order valence-corrected chi connectivity index (χ0v) is 14.8. The van der Waals surface area contributed by atoms with Crippen molar-refractivity contribution in [1.29, 1.82) is 0 Å². The predicted octanol–water partition coefficient (Wildman–Crippen LogP) is 2.35. The number of rotatable bonds is 3. The Hall–Kier alpha value is -3.07. The molecule has 4 rings (SSSR count). The van der Waals surface area contributed by atoms with E-state index in [0.717, 1.165) is 23.9 Å². The first-order valence-corrected chi connectivity index (χ1v) is 9.03. The van der Waals surface area contributed by atoms with Crippen LogP contribution in [0.25, 0.3) is 11.5 Å². The van der Waals surface area contributed by atoms with Crippen molar-refractivity contribution in [3.8, 4) is 11.5 Å². The average molecular weight is 367 g/mol. The minimum atomic E-state index is -0.107. The van der Waals surface area contributed by atoms with Crippen LogP contribution in [0.4, 0.5) is 15.6 Å². The first-order valence-electron chi connectivity index (χ1n) is 8.25. The zero-order chi connectivity index (χ0) is 17.8. The van der Waals surface area contributed by atoms with Gasteiger partial charge in [0.15, 0.2) is 5.82 Å². The molecule has 1 aliphatic heterocycles. The Bertz CT molecular complexity index is 863. The number of pyridine rings is 2. The number of anilines is 2. The second-order valence-corrected chi connectivity index (χ2v) is 6.49. The van der Waals surface area contributed by atoms with Crippen LogP contribution in [0.5, 0.6) is 0 Å². The highest BCUT2D eigenvalue weighted by Gasteiger charge is 2.23. The Kier molecular flexibility index (Phi) is 4.69. The van der Waals surface area contributed by atoms with Crippen molar-refractivity contribution in [2.75, 3.05) is 36.4 Å². The largest absolute Gasteiger partial charge is 0.343 e. The maximum absolute atomic E-state index is 12.3. The highest BCUT2D eigenvalue weighted by Crippen LogP contribution is 2.23. The van der Waals surface area contributed by atoms with E-state index in [9.17, 15) is 4.79 Å². The Morgan fingerprint density at radius 2 is 1.96 bits per heavy atom. The molecule has 0 spiro atoms. The number of carbonyl (C=O) groups excluding carboxylic acids is 1. The average Bonchev–Trinajstić information content (AvgIpc) is 3.20. The highest BCUT2D eigenvalue weighted by atomic mass is 32.1. The monoisotopic (exact) mass is 367 g/mol. The Morgan fingerprint density at radius 1 is 1.08 bits per heavy atom. The van der Waals surface area contributed by atoms with E-state index < -0.39 is 0 Å². The number of piperazine rings is 1. The SMILES string of the molecule is O=C(Nc1cccnc1)N1CCN(c2nc(-c3ccccn3)ns2)CC1. The lowest BCUT2D eigenvalue weighted by Crippen LogP contribution is -2.50. The third kappa shape index (κ3) is 3.62. The fraction of sp³-hybridized carbons (Fsp3) is 0.235. The van der Waals surface area contributed by atoms with E-state index in [4.69, 9.17) is 0 Å². The summed E-state index contributed by atoms with van der Waals surface area (Å²) < 4.78 is 4.40. The van der Waals surface area contributed by atoms with Crippen molar-refractivity contribution in [2.45, 2.75) is 0 Å². The number of hydrogen-bond acceptors (Lipinski definition) is 7. The van der Waals surface area contributed by atoms with Crippen LogP contribution in [0.2, 0.25) is 0 Å². The van der Waals surface area contributed by atoms with E-state index >= 15 is 0 Å². The minimum absolute atomic E-state index is 0.107. The molecule has 1 fully saturated rings. The third-order valence-electron chi connectivity index (χ3n) is 4.06. The zero-order valence-electron chi connectivity index (χ0n) is 13.9. The van der Waals surface area contributed by atoms with Gasteiger partial charge in [0, 0.05) is 50.1 Å². The number of aromatic nitrogens is 4. The predicted molar refractivity (Wildman–Crippen MR) is 100 cm³/mol. The van der Waals surface area contributed by atoms with Gasteiger partial charge in [0.2, 0.25) is 5.13 Å². The maximum atomic E-state index is 12.3. The molecule has 0 unspecified atom stereocenters. The minimum Gasteiger partial charge on any atom is -0.343 e. The van der Waals surface area contributed by atoms with Crippen molar-refractivity contribution < 1.29 is 4.79 Å². The number of nitrogens with zero attached hydrogens (tertiary/aromatic N) is 6. The first kappa shape index (κ1) is 16.4. The van der Waals surface area contributed by atoms with Crippen LogP contribution in [-0.2, 0) is 0 Å². The molecule has 0 bridgehead atoms. The molecule has 3 aromatic rings. The Labute approximate surface area is 154 Å². The van der Waals surface area contributed by atoms with E-state index in [0.29, 0.717) is 24.6 Å². The third-order valence-corrected chi connectivity index (χ3v) is 4.84. The van der Waals surface area contributed by atoms with E-state index in [-0.39, 0.29) is 6.03 Å². The molecule has 3 aromatic heterocycles. The van der Waals surface area contributed by atoms with Crippen LogP contribution >= 0.6 is 11.5 Å².